The Morgan fingerprint density at radius 3 is 2.04 bits per heavy atom. The highest BCUT2D eigenvalue weighted by atomic mass is 16.8. The summed E-state index contributed by atoms with van der Waals surface area (Å²) in [7, 11) is 0. The number of aldehydes is 2. The summed E-state index contributed by atoms with van der Waals surface area (Å²) in [5, 5.41) is 30.5. The summed E-state index contributed by atoms with van der Waals surface area (Å²) < 4.78 is 29.1. The largest absolute Gasteiger partial charge is 0.478 e. The number of carbonyl (C=O) groups excluding carboxylic acids is 4. The quantitative estimate of drug-likeness (QED) is 0.224. The lowest BCUT2D eigenvalue weighted by Gasteiger charge is -2.39. The Bertz CT molecular complexity index is 1520. The number of aliphatic hydroxyl groups excluding tert-OH is 1. The van der Waals surface area contributed by atoms with Gasteiger partial charge in [-0.1, -0.05) is 6.07 Å². The van der Waals surface area contributed by atoms with Crippen LogP contribution in [0.3, 0.4) is 0 Å². The Morgan fingerprint density at radius 2 is 1.50 bits per heavy atom. The highest BCUT2D eigenvalue weighted by Crippen LogP contribution is 2.39. The summed E-state index contributed by atoms with van der Waals surface area (Å²) in [4.78, 5) is 72.5. The number of hydrogen-bond donors (Lipinski definition) is 3. The molecule has 3 N–H and O–H groups in total. The highest BCUT2D eigenvalue weighted by Gasteiger charge is 2.60. The van der Waals surface area contributed by atoms with Crippen LogP contribution in [0.1, 0.15) is 104 Å². The van der Waals surface area contributed by atoms with Gasteiger partial charge < -0.3 is 39.0 Å². The molecule has 1 saturated heterocycles. The minimum Gasteiger partial charge on any atom is -0.478 e. The number of aliphatic hydroxyl groups is 1. The van der Waals surface area contributed by atoms with Crippen LogP contribution in [-0.4, -0.2) is 100 Å². The van der Waals surface area contributed by atoms with Crippen molar-refractivity contribution in [2.24, 2.45) is 0 Å². The second kappa shape index (κ2) is 13.9. The Kier molecular flexibility index (Phi) is 10.8. The number of carboxylic acids is 2. The van der Waals surface area contributed by atoms with Gasteiger partial charge in [0.1, 0.15) is 31.7 Å². The first-order valence-corrected chi connectivity index (χ1v) is 14.0. The van der Waals surface area contributed by atoms with Crippen molar-refractivity contribution in [1.29, 1.82) is 0 Å². The second-order valence-corrected chi connectivity index (χ2v) is 12.4. The molecule has 14 heteroatoms. The molecular weight excluding hydrogens is 608 g/mol. The maximum absolute atomic E-state index is 13.3. The van der Waals surface area contributed by atoms with Gasteiger partial charge in [0.2, 0.25) is 5.79 Å². The summed E-state index contributed by atoms with van der Waals surface area (Å²) >= 11 is 0. The number of benzene rings is 2. The van der Waals surface area contributed by atoms with Crippen LogP contribution in [0, 0.1) is 0 Å². The van der Waals surface area contributed by atoms with Crippen molar-refractivity contribution in [1.82, 2.24) is 0 Å². The molecule has 4 atom stereocenters. The van der Waals surface area contributed by atoms with Gasteiger partial charge in [0.05, 0.1) is 33.5 Å². The Balaban J connectivity index is 2.02. The monoisotopic (exact) mass is 644 g/mol. The van der Waals surface area contributed by atoms with Gasteiger partial charge in [-0.05, 0) is 71.9 Å². The number of hydrogen-bond acceptors (Lipinski definition) is 12. The molecule has 0 spiro atoms. The van der Waals surface area contributed by atoms with E-state index < -0.39 is 76.9 Å². The van der Waals surface area contributed by atoms with Crippen molar-refractivity contribution in [3.05, 3.63) is 69.8 Å². The summed E-state index contributed by atoms with van der Waals surface area (Å²) in [6.45, 7) is 9.12. The molecule has 0 saturated carbocycles. The predicted octanol–water partition coefficient (Wildman–Crippen LogP) is 3.18. The van der Waals surface area contributed by atoms with Gasteiger partial charge >= 0.3 is 23.9 Å². The SMILES string of the molecule is CC(C)(C)OC[C@@]1(OC(C)(C)C)O[C@H](COC(=O)c2cc(C(=O)O)ccc2C(=O)O)C(OC(=O)c2ccc(C=O)cc2C=O)[C@@H]1O. The van der Waals surface area contributed by atoms with E-state index in [1.165, 1.54) is 18.2 Å². The summed E-state index contributed by atoms with van der Waals surface area (Å²) in [5.74, 6) is -7.26. The average molecular weight is 645 g/mol. The highest BCUT2D eigenvalue weighted by molar-refractivity contribution is 6.04. The smallest absolute Gasteiger partial charge is 0.339 e. The summed E-state index contributed by atoms with van der Waals surface area (Å²) in [6.07, 6.45) is -3.99. The zero-order valence-electron chi connectivity index (χ0n) is 26.1. The molecule has 1 heterocycles. The fourth-order valence-corrected chi connectivity index (χ4v) is 4.58. The van der Waals surface area contributed by atoms with Crippen LogP contribution in [-0.2, 0) is 23.7 Å². The first-order chi connectivity index (χ1) is 21.3. The third-order valence-electron chi connectivity index (χ3n) is 6.56. The van der Waals surface area contributed by atoms with Gasteiger partial charge in [-0.25, -0.2) is 19.2 Å². The van der Waals surface area contributed by atoms with Gasteiger partial charge in [-0.3, -0.25) is 9.59 Å². The molecule has 1 aliphatic heterocycles. The molecule has 1 fully saturated rings. The average Bonchev–Trinajstić information content (AvgIpc) is 3.22. The molecule has 0 bridgehead atoms. The van der Waals surface area contributed by atoms with E-state index >= 15 is 0 Å². The van der Waals surface area contributed by atoms with Gasteiger partial charge in [0, 0.05) is 11.1 Å². The molecule has 1 aliphatic rings. The Hall–Kier alpha value is -4.50. The van der Waals surface area contributed by atoms with Crippen molar-refractivity contribution in [3.8, 4) is 0 Å². The topological polar surface area (TPSA) is 209 Å². The normalized spacial score (nSPS) is 21.3. The van der Waals surface area contributed by atoms with E-state index in [9.17, 15) is 44.1 Å². The van der Waals surface area contributed by atoms with Crippen molar-refractivity contribution < 1.29 is 67.8 Å². The van der Waals surface area contributed by atoms with E-state index in [2.05, 4.69) is 0 Å². The van der Waals surface area contributed by atoms with Crippen LogP contribution in [0.15, 0.2) is 36.4 Å². The van der Waals surface area contributed by atoms with E-state index in [0.717, 1.165) is 18.2 Å². The van der Waals surface area contributed by atoms with Gasteiger partial charge in [-0.2, -0.15) is 0 Å². The number of carbonyl (C=O) groups is 6. The fraction of sp³-hybridized carbons (Fsp3) is 0.438. The minimum absolute atomic E-state index is 0.122. The minimum atomic E-state index is -1.99. The number of aromatic carboxylic acids is 2. The molecule has 2 aromatic carbocycles. The standard InChI is InChI=1S/C32H36O14/c1-30(2,3)43-16-32(46-31(4,5)6)25(35)24(44-29(41)20-9-7-17(13-33)11-19(20)14-34)23(45-32)15-42-28(40)22-12-18(26(36)37)8-10-21(22)27(38)39/h7-14,23-25,35H,15-16H2,1-6H3,(H,36,37)(H,38,39)/t23-,24?,25+,32+/m1/s1. The third-order valence-corrected chi connectivity index (χ3v) is 6.56. The van der Waals surface area contributed by atoms with Crippen molar-refractivity contribution in [3.63, 3.8) is 0 Å². The van der Waals surface area contributed by atoms with Gasteiger partial charge in [0.25, 0.3) is 0 Å². The van der Waals surface area contributed by atoms with Crippen LogP contribution < -0.4 is 0 Å². The lowest BCUT2D eigenvalue weighted by molar-refractivity contribution is -0.321. The number of esters is 2. The second-order valence-electron chi connectivity index (χ2n) is 12.4. The molecule has 0 aliphatic carbocycles. The van der Waals surface area contributed by atoms with Crippen molar-refractivity contribution in [2.75, 3.05) is 13.2 Å². The van der Waals surface area contributed by atoms with Crippen molar-refractivity contribution in [2.45, 2.75) is 76.8 Å². The van der Waals surface area contributed by atoms with Crippen molar-refractivity contribution >= 4 is 36.4 Å². The molecule has 1 unspecified atom stereocenters. The molecular formula is C32H36O14. The zero-order valence-corrected chi connectivity index (χ0v) is 26.1. The van der Waals surface area contributed by atoms with E-state index in [0.29, 0.717) is 12.6 Å². The lowest BCUT2D eigenvalue weighted by atomic mass is 10.0. The van der Waals surface area contributed by atoms with Crippen LogP contribution in [0.2, 0.25) is 0 Å². The number of rotatable bonds is 12. The zero-order chi connectivity index (χ0) is 34.6. The first kappa shape index (κ1) is 36.0. The van der Waals surface area contributed by atoms with E-state index in [4.69, 9.17) is 23.7 Å². The lowest BCUT2D eigenvalue weighted by Crippen LogP contribution is -2.54. The Labute approximate surface area is 264 Å². The third kappa shape index (κ3) is 8.60. The van der Waals surface area contributed by atoms with Crippen LogP contribution in [0.4, 0.5) is 0 Å². The Morgan fingerprint density at radius 1 is 0.848 bits per heavy atom. The first-order valence-electron chi connectivity index (χ1n) is 14.0. The summed E-state index contributed by atoms with van der Waals surface area (Å²) in [6, 6.07) is 6.44. The fourth-order valence-electron chi connectivity index (χ4n) is 4.58. The summed E-state index contributed by atoms with van der Waals surface area (Å²) in [5.41, 5.74) is -3.48. The molecule has 2 aromatic rings. The molecule has 0 radical (unpaired) electrons. The predicted molar refractivity (Wildman–Crippen MR) is 157 cm³/mol. The maximum Gasteiger partial charge on any atom is 0.339 e. The number of carboxylic acid groups (broad SMARTS) is 2. The van der Waals surface area contributed by atoms with E-state index in [1.807, 2.05) is 0 Å². The van der Waals surface area contributed by atoms with E-state index in [1.54, 1.807) is 41.5 Å². The maximum atomic E-state index is 13.3. The molecule has 248 valence electrons. The molecule has 46 heavy (non-hydrogen) atoms. The molecule has 0 aromatic heterocycles. The molecule has 0 amide bonds. The van der Waals surface area contributed by atoms with Crippen LogP contribution in [0.5, 0.6) is 0 Å². The molecule has 14 nitrogen and oxygen atoms in total. The number of ether oxygens (including phenoxy) is 5. The van der Waals surface area contributed by atoms with Crippen LogP contribution in [0.25, 0.3) is 0 Å². The van der Waals surface area contributed by atoms with Gasteiger partial charge in [-0.15, -0.1) is 0 Å². The van der Waals surface area contributed by atoms with Crippen LogP contribution >= 0.6 is 0 Å². The van der Waals surface area contributed by atoms with Gasteiger partial charge in [0.15, 0.2) is 12.4 Å². The van der Waals surface area contributed by atoms with E-state index in [-0.39, 0.29) is 28.9 Å². The molecule has 3 rings (SSSR count).